The average Bonchev–Trinajstić information content (AvgIpc) is 3.09. The topological polar surface area (TPSA) is 75.8 Å². The Bertz CT molecular complexity index is 844. The van der Waals surface area contributed by atoms with E-state index in [0.29, 0.717) is 16.9 Å². The van der Waals surface area contributed by atoms with Gasteiger partial charge in [-0.1, -0.05) is 37.6 Å². The van der Waals surface area contributed by atoms with Gasteiger partial charge in [-0.05, 0) is 30.2 Å². The molecule has 2 aromatic heterocycles. The molecule has 0 radical (unpaired) electrons. The van der Waals surface area contributed by atoms with Crippen molar-refractivity contribution >= 4 is 5.82 Å². The summed E-state index contributed by atoms with van der Waals surface area (Å²) < 4.78 is 5.42. The van der Waals surface area contributed by atoms with Gasteiger partial charge in [0.05, 0.1) is 12.0 Å². The van der Waals surface area contributed by atoms with Gasteiger partial charge in [-0.15, -0.1) is 0 Å². The van der Waals surface area contributed by atoms with Crippen molar-refractivity contribution in [1.82, 2.24) is 4.98 Å². The summed E-state index contributed by atoms with van der Waals surface area (Å²) in [6.45, 7) is 2.16. The highest BCUT2D eigenvalue weighted by Gasteiger charge is 2.15. The van der Waals surface area contributed by atoms with Gasteiger partial charge in [0.25, 0.3) is 0 Å². The monoisotopic (exact) mass is 303 g/mol. The van der Waals surface area contributed by atoms with Gasteiger partial charge in [-0.3, -0.25) is 0 Å². The molecule has 0 unspecified atom stereocenters. The third kappa shape index (κ3) is 2.95. The van der Waals surface area contributed by atoms with Crippen LogP contribution in [-0.4, -0.2) is 4.98 Å². The van der Waals surface area contributed by atoms with Crippen LogP contribution in [-0.2, 0) is 6.42 Å². The molecule has 2 N–H and O–H groups in total. The number of nitriles is 1. The van der Waals surface area contributed by atoms with Crippen LogP contribution in [0, 0.1) is 11.3 Å². The Morgan fingerprint density at radius 3 is 2.61 bits per heavy atom. The van der Waals surface area contributed by atoms with Crippen LogP contribution < -0.4 is 5.73 Å². The number of aryl methyl sites for hydroxylation is 1. The molecule has 2 heterocycles. The molecule has 4 heteroatoms. The van der Waals surface area contributed by atoms with Crippen LogP contribution in [0.5, 0.6) is 0 Å². The van der Waals surface area contributed by atoms with Crippen molar-refractivity contribution < 1.29 is 4.42 Å². The second-order valence-corrected chi connectivity index (χ2v) is 5.35. The van der Waals surface area contributed by atoms with E-state index in [2.05, 4.69) is 30.1 Å². The third-order valence-electron chi connectivity index (χ3n) is 3.73. The highest BCUT2D eigenvalue weighted by molar-refractivity contribution is 5.77. The van der Waals surface area contributed by atoms with E-state index in [1.54, 1.807) is 12.3 Å². The standard InChI is InChI=1S/C19H17N3O/c1-2-4-13-6-8-14(9-7-13)17-11-15(18-5-3-10-23-18)16(12-20)19(21)22-17/h3,5-11H,2,4H2,1H3,(H2,21,22). The lowest BCUT2D eigenvalue weighted by Crippen LogP contribution is -1.99. The largest absolute Gasteiger partial charge is 0.464 e. The summed E-state index contributed by atoms with van der Waals surface area (Å²) in [5.74, 6) is 0.827. The number of pyridine rings is 1. The third-order valence-corrected chi connectivity index (χ3v) is 3.73. The minimum Gasteiger partial charge on any atom is -0.464 e. The molecular weight excluding hydrogens is 286 g/mol. The predicted octanol–water partition coefficient (Wildman–Crippen LogP) is 4.41. The van der Waals surface area contributed by atoms with Gasteiger partial charge in [-0.2, -0.15) is 5.26 Å². The summed E-state index contributed by atoms with van der Waals surface area (Å²) >= 11 is 0. The fourth-order valence-corrected chi connectivity index (χ4v) is 2.59. The lowest BCUT2D eigenvalue weighted by atomic mass is 10.0. The molecule has 3 rings (SSSR count). The van der Waals surface area contributed by atoms with Gasteiger partial charge in [0.15, 0.2) is 0 Å². The molecule has 0 aliphatic carbocycles. The first-order valence-electron chi connectivity index (χ1n) is 7.56. The number of nitrogen functional groups attached to an aromatic ring is 1. The van der Waals surface area contributed by atoms with Crippen LogP contribution in [0.15, 0.2) is 53.1 Å². The van der Waals surface area contributed by atoms with E-state index in [0.717, 1.165) is 24.1 Å². The average molecular weight is 303 g/mol. The number of nitrogens with two attached hydrogens (primary N) is 1. The van der Waals surface area contributed by atoms with Crippen molar-refractivity contribution in [3.63, 3.8) is 0 Å². The Morgan fingerprint density at radius 2 is 2.00 bits per heavy atom. The maximum atomic E-state index is 9.34. The number of anilines is 1. The first-order valence-corrected chi connectivity index (χ1v) is 7.56. The zero-order valence-corrected chi connectivity index (χ0v) is 12.9. The summed E-state index contributed by atoms with van der Waals surface area (Å²) in [6.07, 6.45) is 3.75. The van der Waals surface area contributed by atoms with Gasteiger partial charge < -0.3 is 10.2 Å². The highest BCUT2D eigenvalue weighted by atomic mass is 16.3. The lowest BCUT2D eigenvalue weighted by molar-refractivity contribution is 0.582. The van der Waals surface area contributed by atoms with E-state index < -0.39 is 0 Å². The van der Waals surface area contributed by atoms with Crippen molar-refractivity contribution in [3.8, 4) is 28.7 Å². The Hall–Kier alpha value is -3.06. The number of benzene rings is 1. The van der Waals surface area contributed by atoms with Crippen molar-refractivity contribution in [2.45, 2.75) is 19.8 Å². The molecule has 0 amide bonds. The maximum absolute atomic E-state index is 9.34. The fraction of sp³-hybridized carbons (Fsp3) is 0.158. The Labute approximate surface area is 135 Å². The number of hydrogen-bond donors (Lipinski definition) is 1. The van der Waals surface area contributed by atoms with Gasteiger partial charge in [-0.25, -0.2) is 4.98 Å². The number of aromatic nitrogens is 1. The lowest BCUT2D eigenvalue weighted by Gasteiger charge is -2.09. The highest BCUT2D eigenvalue weighted by Crippen LogP contribution is 2.31. The van der Waals surface area contributed by atoms with Crippen LogP contribution in [0.25, 0.3) is 22.6 Å². The maximum Gasteiger partial charge on any atom is 0.142 e. The van der Waals surface area contributed by atoms with E-state index in [9.17, 15) is 5.26 Å². The van der Waals surface area contributed by atoms with Crippen LogP contribution in [0.3, 0.4) is 0 Å². The molecule has 4 nitrogen and oxygen atoms in total. The second kappa shape index (κ2) is 6.37. The van der Waals surface area contributed by atoms with Gasteiger partial charge in [0.1, 0.15) is 23.2 Å². The normalized spacial score (nSPS) is 10.4. The molecule has 0 atom stereocenters. The van der Waals surface area contributed by atoms with Crippen molar-refractivity contribution in [1.29, 1.82) is 5.26 Å². The molecule has 23 heavy (non-hydrogen) atoms. The van der Waals surface area contributed by atoms with Gasteiger partial charge >= 0.3 is 0 Å². The number of furan rings is 1. The number of rotatable bonds is 4. The van der Waals surface area contributed by atoms with Crippen molar-refractivity contribution in [2.75, 3.05) is 5.73 Å². The van der Waals surface area contributed by atoms with Gasteiger partial charge in [0.2, 0.25) is 0 Å². The zero-order valence-electron chi connectivity index (χ0n) is 12.9. The van der Waals surface area contributed by atoms with Crippen molar-refractivity contribution in [2.24, 2.45) is 0 Å². The Morgan fingerprint density at radius 1 is 1.22 bits per heavy atom. The SMILES string of the molecule is CCCc1ccc(-c2cc(-c3ccco3)c(C#N)c(N)n2)cc1. The van der Waals surface area contributed by atoms with Crippen LogP contribution in [0.4, 0.5) is 5.82 Å². The fourth-order valence-electron chi connectivity index (χ4n) is 2.59. The van der Waals surface area contributed by atoms with E-state index in [4.69, 9.17) is 10.2 Å². The Kier molecular flexibility index (Phi) is 4.11. The second-order valence-electron chi connectivity index (χ2n) is 5.35. The summed E-state index contributed by atoms with van der Waals surface area (Å²) in [4.78, 5) is 4.37. The molecule has 0 saturated heterocycles. The molecule has 0 bridgehead atoms. The molecule has 3 aromatic rings. The molecule has 114 valence electrons. The molecule has 0 spiro atoms. The smallest absolute Gasteiger partial charge is 0.142 e. The van der Waals surface area contributed by atoms with E-state index >= 15 is 0 Å². The first-order chi connectivity index (χ1) is 11.2. The van der Waals surface area contributed by atoms with E-state index in [-0.39, 0.29) is 5.82 Å². The number of hydrogen-bond acceptors (Lipinski definition) is 4. The quantitative estimate of drug-likeness (QED) is 0.774. The molecule has 0 fully saturated rings. The van der Waals surface area contributed by atoms with Crippen LogP contribution in [0.2, 0.25) is 0 Å². The predicted molar refractivity (Wildman–Crippen MR) is 90.5 cm³/mol. The van der Waals surface area contributed by atoms with E-state index in [1.165, 1.54) is 5.56 Å². The zero-order chi connectivity index (χ0) is 16.2. The number of nitrogens with zero attached hydrogens (tertiary/aromatic N) is 2. The van der Waals surface area contributed by atoms with E-state index in [1.807, 2.05) is 24.3 Å². The summed E-state index contributed by atoms with van der Waals surface area (Å²) in [7, 11) is 0. The van der Waals surface area contributed by atoms with Crippen LogP contribution in [0.1, 0.15) is 24.5 Å². The first kappa shape index (κ1) is 14.9. The Balaban J connectivity index is 2.09. The van der Waals surface area contributed by atoms with Crippen molar-refractivity contribution in [3.05, 3.63) is 59.9 Å². The molecule has 0 aliphatic heterocycles. The molecular formula is C19H17N3O. The molecule has 0 saturated carbocycles. The minimum atomic E-state index is 0.217. The molecule has 0 aliphatic rings. The summed E-state index contributed by atoms with van der Waals surface area (Å²) in [5, 5.41) is 9.34. The summed E-state index contributed by atoms with van der Waals surface area (Å²) in [6, 6.07) is 15.8. The summed E-state index contributed by atoms with van der Waals surface area (Å²) in [5.41, 5.74) is 9.98. The van der Waals surface area contributed by atoms with Gasteiger partial charge in [0, 0.05) is 11.1 Å². The minimum absolute atomic E-state index is 0.217. The molecule has 1 aromatic carbocycles. The van der Waals surface area contributed by atoms with Crippen LogP contribution >= 0.6 is 0 Å².